The Morgan fingerprint density at radius 1 is 1.18 bits per heavy atom. The lowest BCUT2D eigenvalue weighted by Crippen LogP contribution is -2.63. The molecule has 4 saturated carbocycles. The van der Waals surface area contributed by atoms with E-state index in [4.69, 9.17) is 4.74 Å². The van der Waals surface area contributed by atoms with Crippen molar-refractivity contribution in [2.45, 2.75) is 70.1 Å². The number of rotatable bonds is 5. The molecule has 0 heterocycles. The van der Waals surface area contributed by atoms with E-state index in [1.54, 1.807) is 38.1 Å². The van der Waals surface area contributed by atoms with Crippen LogP contribution >= 0.6 is 0 Å². The Hall–Kier alpha value is -2.08. The van der Waals surface area contributed by atoms with Crippen LogP contribution in [0, 0.1) is 17.8 Å². The molecule has 0 aromatic heterocycles. The maximum absolute atomic E-state index is 13.0. The number of carbonyl (C=O) groups excluding carboxylic acids is 2. The van der Waals surface area contributed by atoms with Crippen molar-refractivity contribution in [2.75, 3.05) is 5.32 Å². The molecule has 4 fully saturated rings. The lowest BCUT2D eigenvalue weighted by molar-refractivity contribution is -0.152. The molecule has 3 N–H and O–H groups in total. The minimum Gasteiger partial charge on any atom is -0.478 e. The predicted octanol–water partition coefficient (Wildman–Crippen LogP) is 2.86. The summed E-state index contributed by atoms with van der Waals surface area (Å²) in [5.41, 5.74) is -0.913. The van der Waals surface area contributed by atoms with Gasteiger partial charge in [0, 0.05) is 24.7 Å². The molecular weight excluding hydrogens is 356 g/mol. The zero-order valence-electron chi connectivity index (χ0n) is 16.8. The van der Waals surface area contributed by atoms with Crippen LogP contribution in [0.2, 0.25) is 0 Å². The molecule has 1 unspecified atom stereocenters. The first kappa shape index (κ1) is 19.2. The molecule has 0 spiro atoms. The minimum atomic E-state index is -1.04. The molecule has 0 aliphatic heterocycles. The lowest BCUT2D eigenvalue weighted by atomic mass is 9.52. The van der Waals surface area contributed by atoms with E-state index in [-0.39, 0.29) is 17.9 Å². The molecule has 4 aliphatic carbocycles. The Kier molecular flexibility index (Phi) is 4.65. The average molecular weight is 386 g/mol. The highest BCUT2D eigenvalue weighted by Gasteiger charge is 2.55. The molecule has 152 valence electrons. The van der Waals surface area contributed by atoms with E-state index in [0.717, 1.165) is 32.1 Å². The normalized spacial score (nSPS) is 33.4. The minimum absolute atomic E-state index is 0.123. The Bertz CT molecular complexity index is 774. The number of anilines is 1. The third-order valence-corrected chi connectivity index (χ3v) is 6.61. The molecule has 5 atom stereocenters. The fourth-order valence-corrected chi connectivity index (χ4v) is 5.72. The number of hydrogen-bond acceptors (Lipinski definition) is 4. The second-order valence-corrected chi connectivity index (χ2v) is 9.51. The second-order valence-electron chi connectivity index (χ2n) is 9.51. The van der Waals surface area contributed by atoms with E-state index in [1.807, 2.05) is 0 Å². The van der Waals surface area contributed by atoms with Gasteiger partial charge in [0.1, 0.15) is 5.75 Å². The first-order chi connectivity index (χ1) is 13.1. The third-order valence-electron chi connectivity index (χ3n) is 6.61. The highest BCUT2D eigenvalue weighted by Crippen LogP contribution is 2.55. The van der Waals surface area contributed by atoms with Gasteiger partial charge >= 0.3 is 0 Å². The maximum atomic E-state index is 13.0. The standard InChI is InChI=1S/C22H30N2O4/c1-13(25)23-17-5-4-6-18(9-17)28-21(2,3)20(26)24-19-15-7-14-8-16(19)12-22(27,10-14)11-15/h4-6,9,14-16,19,27H,7-8,10-12H2,1-3H3,(H,23,25)(H,24,26)/t14?,15-,16+,19+,22+. The second kappa shape index (κ2) is 6.76. The molecule has 4 aliphatic rings. The van der Waals surface area contributed by atoms with Crippen molar-refractivity contribution in [3.8, 4) is 5.75 Å². The van der Waals surface area contributed by atoms with Crippen LogP contribution in [-0.4, -0.2) is 34.2 Å². The van der Waals surface area contributed by atoms with Crippen LogP contribution in [0.5, 0.6) is 5.75 Å². The number of nitrogens with one attached hydrogen (secondary N) is 2. The van der Waals surface area contributed by atoms with E-state index in [1.165, 1.54) is 6.92 Å². The average Bonchev–Trinajstić information content (AvgIpc) is 2.55. The zero-order valence-corrected chi connectivity index (χ0v) is 16.8. The fourth-order valence-electron chi connectivity index (χ4n) is 5.72. The van der Waals surface area contributed by atoms with Gasteiger partial charge in [-0.3, -0.25) is 9.59 Å². The molecule has 6 nitrogen and oxygen atoms in total. The Morgan fingerprint density at radius 3 is 2.46 bits per heavy atom. The van der Waals surface area contributed by atoms with Gasteiger partial charge in [0.25, 0.3) is 5.91 Å². The summed E-state index contributed by atoms with van der Waals surface area (Å²) < 4.78 is 5.99. The first-order valence-electron chi connectivity index (χ1n) is 10.2. The van der Waals surface area contributed by atoms with Crippen LogP contribution in [0.15, 0.2) is 24.3 Å². The molecule has 4 bridgehead atoms. The number of benzene rings is 1. The van der Waals surface area contributed by atoms with Gasteiger partial charge in [-0.1, -0.05) is 6.07 Å². The SMILES string of the molecule is CC(=O)Nc1cccc(OC(C)(C)C(=O)N[C@H]2[C@@H]3CC4C[C@H]2C[C@](O)(C4)C3)c1. The lowest BCUT2D eigenvalue weighted by Gasteiger charge is -2.58. The summed E-state index contributed by atoms with van der Waals surface area (Å²) in [7, 11) is 0. The maximum Gasteiger partial charge on any atom is 0.263 e. The van der Waals surface area contributed by atoms with Crippen molar-refractivity contribution in [2.24, 2.45) is 17.8 Å². The molecule has 0 saturated heterocycles. The summed E-state index contributed by atoms with van der Waals surface area (Å²) in [5, 5.41) is 16.7. The Balaban J connectivity index is 1.42. The van der Waals surface area contributed by atoms with Crippen molar-refractivity contribution in [1.29, 1.82) is 0 Å². The summed E-state index contributed by atoms with van der Waals surface area (Å²) in [5.74, 6) is 1.57. The summed E-state index contributed by atoms with van der Waals surface area (Å²) in [6, 6.07) is 7.18. The van der Waals surface area contributed by atoms with Crippen LogP contribution in [0.1, 0.15) is 52.9 Å². The van der Waals surface area contributed by atoms with Crippen LogP contribution < -0.4 is 15.4 Å². The van der Waals surface area contributed by atoms with Crippen LogP contribution in [0.3, 0.4) is 0 Å². The van der Waals surface area contributed by atoms with Crippen LogP contribution in [-0.2, 0) is 9.59 Å². The number of ether oxygens (including phenoxy) is 1. The van der Waals surface area contributed by atoms with E-state index in [2.05, 4.69) is 10.6 Å². The van der Waals surface area contributed by atoms with Gasteiger partial charge in [0.15, 0.2) is 5.60 Å². The highest BCUT2D eigenvalue weighted by atomic mass is 16.5. The van der Waals surface area contributed by atoms with Crippen LogP contribution in [0.25, 0.3) is 0 Å². The van der Waals surface area contributed by atoms with Gasteiger partial charge < -0.3 is 20.5 Å². The number of carbonyl (C=O) groups is 2. The van der Waals surface area contributed by atoms with E-state index in [0.29, 0.717) is 29.2 Å². The molecule has 2 amide bonds. The van der Waals surface area contributed by atoms with E-state index < -0.39 is 11.2 Å². The molecule has 28 heavy (non-hydrogen) atoms. The quantitative estimate of drug-likeness (QED) is 0.726. The van der Waals surface area contributed by atoms with Gasteiger partial charge in [-0.15, -0.1) is 0 Å². The Morgan fingerprint density at radius 2 is 1.86 bits per heavy atom. The van der Waals surface area contributed by atoms with Gasteiger partial charge in [-0.2, -0.15) is 0 Å². The zero-order chi connectivity index (χ0) is 20.1. The molecule has 6 heteroatoms. The molecular formula is C22H30N2O4. The van der Waals surface area contributed by atoms with Crippen molar-refractivity contribution in [1.82, 2.24) is 5.32 Å². The van der Waals surface area contributed by atoms with Crippen molar-refractivity contribution in [3.63, 3.8) is 0 Å². The number of amides is 2. The molecule has 0 radical (unpaired) electrons. The summed E-state index contributed by atoms with van der Waals surface area (Å²) in [6.07, 6.45) is 4.73. The highest BCUT2D eigenvalue weighted by molar-refractivity contribution is 5.89. The number of aliphatic hydroxyl groups is 1. The largest absolute Gasteiger partial charge is 0.478 e. The monoisotopic (exact) mass is 386 g/mol. The van der Waals surface area contributed by atoms with Crippen molar-refractivity contribution in [3.05, 3.63) is 24.3 Å². The van der Waals surface area contributed by atoms with Gasteiger partial charge in [-0.25, -0.2) is 0 Å². The number of hydrogen-bond donors (Lipinski definition) is 3. The smallest absolute Gasteiger partial charge is 0.263 e. The van der Waals surface area contributed by atoms with Crippen molar-refractivity contribution >= 4 is 17.5 Å². The summed E-state index contributed by atoms with van der Waals surface area (Å²) in [4.78, 5) is 24.3. The van der Waals surface area contributed by atoms with Gasteiger partial charge in [0.2, 0.25) is 5.91 Å². The fraction of sp³-hybridized carbons (Fsp3) is 0.636. The summed E-state index contributed by atoms with van der Waals surface area (Å²) in [6.45, 7) is 4.97. The van der Waals surface area contributed by atoms with Crippen molar-refractivity contribution < 1.29 is 19.4 Å². The topological polar surface area (TPSA) is 87.7 Å². The molecule has 1 aromatic carbocycles. The summed E-state index contributed by atoms with van der Waals surface area (Å²) >= 11 is 0. The van der Waals surface area contributed by atoms with E-state index in [9.17, 15) is 14.7 Å². The first-order valence-corrected chi connectivity index (χ1v) is 10.2. The van der Waals surface area contributed by atoms with E-state index >= 15 is 0 Å². The Labute approximate surface area is 166 Å². The molecule has 5 rings (SSSR count). The predicted molar refractivity (Wildman–Crippen MR) is 106 cm³/mol. The van der Waals surface area contributed by atoms with Gasteiger partial charge in [-0.05, 0) is 75.8 Å². The van der Waals surface area contributed by atoms with Crippen LogP contribution in [0.4, 0.5) is 5.69 Å². The molecule has 1 aromatic rings. The third kappa shape index (κ3) is 3.75. The van der Waals surface area contributed by atoms with Gasteiger partial charge in [0.05, 0.1) is 5.60 Å².